The maximum atomic E-state index is 12.9. The van der Waals surface area contributed by atoms with Crippen LogP contribution in [0.25, 0.3) is 0 Å². The number of carbonyl (C=O) groups excluding carboxylic acids is 1. The Morgan fingerprint density at radius 2 is 2.17 bits per heavy atom. The smallest absolute Gasteiger partial charge is 0.223 e. The molecule has 2 heterocycles. The number of carbonyl (C=O) groups is 1. The van der Waals surface area contributed by atoms with Crippen LogP contribution in [0.15, 0.2) is 5.38 Å². The molecule has 3 rings (SSSR count). The molecular weight excluding hydrogens is 306 g/mol. The van der Waals surface area contributed by atoms with Crippen molar-refractivity contribution in [3.8, 4) is 0 Å². The van der Waals surface area contributed by atoms with Crippen LogP contribution >= 0.6 is 11.3 Å². The predicted molar refractivity (Wildman–Crippen MR) is 94.6 cm³/mol. The van der Waals surface area contributed by atoms with Crippen molar-refractivity contribution in [3.63, 3.8) is 0 Å². The third-order valence-electron chi connectivity index (χ3n) is 5.63. The van der Waals surface area contributed by atoms with Crippen LogP contribution < -0.4 is 5.73 Å². The van der Waals surface area contributed by atoms with Gasteiger partial charge in [-0.3, -0.25) is 4.79 Å². The van der Waals surface area contributed by atoms with Crippen LogP contribution in [-0.2, 0) is 4.79 Å². The SMILES string of the molecule is Cc1csc(C2CCCN(C(=O)CC3(CN)CCCCC3)C2)n1. The first-order valence-electron chi connectivity index (χ1n) is 9.02. The van der Waals surface area contributed by atoms with E-state index in [2.05, 4.69) is 15.3 Å². The molecule has 2 aliphatic rings. The molecule has 1 saturated carbocycles. The molecule has 1 atom stereocenters. The zero-order chi connectivity index (χ0) is 16.3. The molecule has 1 unspecified atom stereocenters. The summed E-state index contributed by atoms with van der Waals surface area (Å²) in [5.41, 5.74) is 7.22. The van der Waals surface area contributed by atoms with Gasteiger partial charge in [-0.25, -0.2) is 4.98 Å². The number of aromatic nitrogens is 1. The third-order valence-corrected chi connectivity index (χ3v) is 6.76. The second-order valence-corrected chi connectivity index (χ2v) is 8.34. The molecule has 1 aliphatic heterocycles. The van der Waals surface area contributed by atoms with E-state index < -0.39 is 0 Å². The van der Waals surface area contributed by atoms with Gasteiger partial charge in [0.1, 0.15) is 0 Å². The molecule has 0 aromatic carbocycles. The summed E-state index contributed by atoms with van der Waals surface area (Å²) in [6, 6.07) is 0. The van der Waals surface area contributed by atoms with Gasteiger partial charge in [0.2, 0.25) is 5.91 Å². The molecule has 23 heavy (non-hydrogen) atoms. The molecule has 1 saturated heterocycles. The zero-order valence-electron chi connectivity index (χ0n) is 14.2. The normalized spacial score (nSPS) is 24.6. The van der Waals surface area contributed by atoms with Crippen molar-refractivity contribution in [2.24, 2.45) is 11.1 Å². The monoisotopic (exact) mass is 335 g/mol. The van der Waals surface area contributed by atoms with Gasteiger partial charge in [0.05, 0.1) is 5.01 Å². The second kappa shape index (κ2) is 7.31. The first-order chi connectivity index (χ1) is 11.1. The summed E-state index contributed by atoms with van der Waals surface area (Å²) in [5, 5.41) is 3.31. The van der Waals surface area contributed by atoms with Gasteiger partial charge in [0.15, 0.2) is 0 Å². The Morgan fingerprint density at radius 1 is 1.39 bits per heavy atom. The number of likely N-dealkylation sites (tertiary alicyclic amines) is 1. The summed E-state index contributed by atoms with van der Waals surface area (Å²) in [4.78, 5) is 19.6. The van der Waals surface area contributed by atoms with Crippen molar-refractivity contribution >= 4 is 17.2 Å². The zero-order valence-corrected chi connectivity index (χ0v) is 15.0. The number of nitrogens with two attached hydrogens (primary N) is 1. The number of hydrogen-bond acceptors (Lipinski definition) is 4. The minimum absolute atomic E-state index is 0.0695. The fourth-order valence-corrected chi connectivity index (χ4v) is 5.08. The largest absolute Gasteiger partial charge is 0.342 e. The molecule has 1 aliphatic carbocycles. The van der Waals surface area contributed by atoms with Crippen LogP contribution in [-0.4, -0.2) is 35.4 Å². The highest BCUT2D eigenvalue weighted by Crippen LogP contribution is 2.39. The lowest BCUT2D eigenvalue weighted by molar-refractivity contribution is -0.135. The molecule has 1 aromatic heterocycles. The minimum atomic E-state index is 0.0695. The highest BCUT2D eigenvalue weighted by atomic mass is 32.1. The van der Waals surface area contributed by atoms with E-state index in [1.165, 1.54) is 24.3 Å². The molecule has 2 fully saturated rings. The van der Waals surface area contributed by atoms with E-state index in [0.717, 1.165) is 44.5 Å². The van der Waals surface area contributed by atoms with E-state index in [1.54, 1.807) is 11.3 Å². The van der Waals surface area contributed by atoms with Gasteiger partial charge in [0.25, 0.3) is 0 Å². The standard InChI is InChI=1S/C18H29N3OS/c1-14-12-23-17(20-14)15-6-5-9-21(11-15)16(22)10-18(13-19)7-3-2-4-8-18/h12,15H,2-11,13,19H2,1H3. The van der Waals surface area contributed by atoms with Crippen molar-refractivity contribution in [1.29, 1.82) is 0 Å². The van der Waals surface area contributed by atoms with Crippen molar-refractivity contribution in [2.45, 2.75) is 64.2 Å². The summed E-state index contributed by atoms with van der Waals surface area (Å²) >= 11 is 1.74. The highest BCUT2D eigenvalue weighted by molar-refractivity contribution is 7.09. The molecular formula is C18H29N3OS. The van der Waals surface area contributed by atoms with E-state index in [0.29, 0.717) is 24.8 Å². The Bertz CT molecular complexity index is 536. The summed E-state index contributed by atoms with van der Waals surface area (Å²) in [5.74, 6) is 0.738. The van der Waals surface area contributed by atoms with E-state index in [1.807, 2.05) is 6.92 Å². The minimum Gasteiger partial charge on any atom is -0.342 e. The molecule has 0 spiro atoms. The molecule has 0 bridgehead atoms. The van der Waals surface area contributed by atoms with Crippen LogP contribution in [0.4, 0.5) is 0 Å². The van der Waals surface area contributed by atoms with Gasteiger partial charge in [-0.1, -0.05) is 19.3 Å². The number of hydrogen-bond donors (Lipinski definition) is 1. The second-order valence-electron chi connectivity index (χ2n) is 7.45. The number of aryl methyl sites for hydroxylation is 1. The number of piperidine rings is 1. The number of rotatable bonds is 4. The van der Waals surface area contributed by atoms with Gasteiger partial charge >= 0.3 is 0 Å². The van der Waals surface area contributed by atoms with Gasteiger partial charge in [-0.15, -0.1) is 11.3 Å². The predicted octanol–water partition coefficient (Wildman–Crippen LogP) is 3.46. The summed E-state index contributed by atoms with van der Waals surface area (Å²) in [6.07, 6.45) is 8.88. The van der Waals surface area contributed by atoms with Crippen LogP contribution in [0.5, 0.6) is 0 Å². The maximum Gasteiger partial charge on any atom is 0.223 e. The van der Waals surface area contributed by atoms with E-state index in [-0.39, 0.29) is 5.41 Å². The Balaban J connectivity index is 1.62. The van der Waals surface area contributed by atoms with Crippen molar-refractivity contribution in [3.05, 3.63) is 16.1 Å². The Morgan fingerprint density at radius 3 is 2.83 bits per heavy atom. The molecule has 2 N–H and O–H groups in total. The third kappa shape index (κ3) is 3.94. The Kier molecular flexibility index (Phi) is 5.37. The maximum absolute atomic E-state index is 12.9. The van der Waals surface area contributed by atoms with Gasteiger partial charge in [-0.2, -0.15) is 0 Å². The lowest BCUT2D eigenvalue weighted by Crippen LogP contribution is -2.44. The molecule has 128 valence electrons. The summed E-state index contributed by atoms with van der Waals surface area (Å²) in [7, 11) is 0. The van der Waals surface area contributed by atoms with E-state index >= 15 is 0 Å². The van der Waals surface area contributed by atoms with Gasteiger partial charge in [-0.05, 0) is 44.6 Å². The van der Waals surface area contributed by atoms with Crippen molar-refractivity contribution in [1.82, 2.24) is 9.88 Å². The van der Waals surface area contributed by atoms with E-state index in [9.17, 15) is 4.79 Å². The first kappa shape index (κ1) is 16.9. The van der Waals surface area contributed by atoms with Gasteiger partial charge < -0.3 is 10.6 Å². The lowest BCUT2D eigenvalue weighted by Gasteiger charge is -2.39. The first-order valence-corrected chi connectivity index (χ1v) is 9.90. The highest BCUT2D eigenvalue weighted by Gasteiger charge is 2.35. The summed E-state index contributed by atoms with van der Waals surface area (Å²) < 4.78 is 0. The molecule has 1 aromatic rings. The topological polar surface area (TPSA) is 59.2 Å². The van der Waals surface area contributed by atoms with Crippen LogP contribution in [0.1, 0.15) is 68.0 Å². The van der Waals surface area contributed by atoms with Crippen LogP contribution in [0, 0.1) is 12.3 Å². The average molecular weight is 336 g/mol. The fraction of sp³-hybridized carbons (Fsp3) is 0.778. The Labute approximate surface area is 143 Å². The molecule has 0 radical (unpaired) electrons. The number of thiazole rings is 1. The van der Waals surface area contributed by atoms with Gasteiger partial charge in [0, 0.05) is 36.5 Å². The number of amides is 1. The fourth-order valence-electron chi connectivity index (χ4n) is 4.15. The number of nitrogens with zero attached hydrogens (tertiary/aromatic N) is 2. The van der Waals surface area contributed by atoms with Crippen molar-refractivity contribution < 1.29 is 4.79 Å². The average Bonchev–Trinajstić information content (AvgIpc) is 3.02. The van der Waals surface area contributed by atoms with Crippen LogP contribution in [0.2, 0.25) is 0 Å². The van der Waals surface area contributed by atoms with E-state index in [4.69, 9.17) is 5.73 Å². The molecule has 5 heteroatoms. The van der Waals surface area contributed by atoms with Crippen LogP contribution in [0.3, 0.4) is 0 Å². The molecule has 4 nitrogen and oxygen atoms in total. The quantitative estimate of drug-likeness (QED) is 0.916. The Hall–Kier alpha value is -0.940. The van der Waals surface area contributed by atoms with Crippen molar-refractivity contribution in [2.75, 3.05) is 19.6 Å². The molecule has 1 amide bonds. The lowest BCUT2D eigenvalue weighted by atomic mass is 9.71. The summed E-state index contributed by atoms with van der Waals surface area (Å²) in [6.45, 7) is 4.44.